The average molecular weight is 387 g/mol. The van der Waals surface area contributed by atoms with Crippen LogP contribution in [0.4, 0.5) is 0 Å². The van der Waals surface area contributed by atoms with E-state index >= 15 is 0 Å². The van der Waals surface area contributed by atoms with E-state index < -0.39 is 0 Å². The average Bonchev–Trinajstić information content (AvgIpc) is 3.29. The van der Waals surface area contributed by atoms with E-state index in [1.165, 1.54) is 4.57 Å². The molecule has 7 heteroatoms. The van der Waals surface area contributed by atoms with Gasteiger partial charge < -0.3 is 15.1 Å². The van der Waals surface area contributed by atoms with Crippen molar-refractivity contribution < 1.29 is 5.11 Å². The molecule has 0 unspecified atom stereocenters. The van der Waals surface area contributed by atoms with Gasteiger partial charge in [0.1, 0.15) is 5.75 Å². The number of aromatic nitrogens is 5. The maximum Gasteiger partial charge on any atom is 0.348 e. The smallest absolute Gasteiger partial charge is 0.348 e. The first-order chi connectivity index (χ1) is 13.9. The molecule has 0 saturated carbocycles. The number of aromatic hydroxyl groups is 1. The minimum atomic E-state index is -0.354. The molecule has 0 amide bonds. The van der Waals surface area contributed by atoms with Crippen LogP contribution < -0.4 is 5.69 Å². The molecule has 5 aromatic rings. The molecule has 3 heterocycles. The third-order valence-electron chi connectivity index (χ3n) is 5.88. The summed E-state index contributed by atoms with van der Waals surface area (Å²) in [5, 5.41) is 19.5. The summed E-state index contributed by atoms with van der Waals surface area (Å²) in [5.74, 6) is 0.437. The van der Waals surface area contributed by atoms with E-state index in [0.717, 1.165) is 50.0 Å². The lowest BCUT2D eigenvalue weighted by molar-refractivity contribution is 0.477. The summed E-state index contributed by atoms with van der Waals surface area (Å²) in [6.45, 7) is 8.06. The third kappa shape index (κ3) is 2.37. The quantitative estimate of drug-likeness (QED) is 0.366. The molecule has 146 valence electrons. The highest BCUT2D eigenvalue weighted by Crippen LogP contribution is 2.36. The fourth-order valence-electron chi connectivity index (χ4n) is 4.09. The molecule has 0 radical (unpaired) electrons. The van der Waals surface area contributed by atoms with Gasteiger partial charge >= 0.3 is 5.69 Å². The van der Waals surface area contributed by atoms with Crippen molar-refractivity contribution in [1.82, 2.24) is 24.7 Å². The Balaban J connectivity index is 1.84. The van der Waals surface area contributed by atoms with Crippen LogP contribution in [0.25, 0.3) is 38.9 Å². The lowest BCUT2D eigenvalue weighted by atomic mass is 10.1. The summed E-state index contributed by atoms with van der Waals surface area (Å²) in [5.41, 5.74) is 6.94. The number of nitrogens with zero attached hydrogens (tertiary/aromatic N) is 2. The van der Waals surface area contributed by atoms with Gasteiger partial charge in [-0.1, -0.05) is 6.07 Å². The molecule has 7 nitrogen and oxygen atoms in total. The van der Waals surface area contributed by atoms with Gasteiger partial charge in [0.15, 0.2) is 5.82 Å². The summed E-state index contributed by atoms with van der Waals surface area (Å²) in [6.07, 6.45) is 0. The standard InChI is InChI=1S/C22H21N5O2/c1-10-12(3)24-17-9-19(28)15(8-14(10)17)21-25-26-22(29)27(21)18-7-5-6-16-20(18)11(2)13(4)23-16/h5-9,23-24,28H,1-4H3,(H,26,29). The largest absolute Gasteiger partial charge is 0.507 e. The van der Waals surface area contributed by atoms with Crippen LogP contribution in [0.15, 0.2) is 35.1 Å². The van der Waals surface area contributed by atoms with Gasteiger partial charge in [-0.3, -0.25) is 0 Å². The number of benzene rings is 2. The molecule has 0 saturated heterocycles. The Labute approximate surface area is 166 Å². The summed E-state index contributed by atoms with van der Waals surface area (Å²) in [6, 6.07) is 9.34. The zero-order chi connectivity index (χ0) is 20.4. The SMILES string of the molecule is Cc1[nH]c2cc(O)c(-c3n[nH]c(=O)n3-c3cccc4[nH]c(C)c(C)c34)cc2c1C. The maximum atomic E-state index is 12.8. The Kier molecular flexibility index (Phi) is 3.52. The van der Waals surface area contributed by atoms with Crippen molar-refractivity contribution in [1.29, 1.82) is 0 Å². The predicted molar refractivity (Wildman–Crippen MR) is 114 cm³/mol. The van der Waals surface area contributed by atoms with Gasteiger partial charge in [-0.25, -0.2) is 14.5 Å². The van der Waals surface area contributed by atoms with E-state index in [0.29, 0.717) is 11.4 Å². The predicted octanol–water partition coefficient (Wildman–Crippen LogP) is 4.13. The number of hydrogen-bond donors (Lipinski definition) is 4. The second-order valence-corrected chi connectivity index (χ2v) is 7.55. The zero-order valence-electron chi connectivity index (χ0n) is 16.6. The summed E-state index contributed by atoms with van der Waals surface area (Å²) >= 11 is 0. The highest BCUT2D eigenvalue weighted by molar-refractivity contribution is 5.94. The normalized spacial score (nSPS) is 11.7. The maximum absolute atomic E-state index is 12.8. The Morgan fingerprint density at radius 2 is 1.69 bits per heavy atom. The molecule has 0 fully saturated rings. The number of aromatic amines is 3. The number of rotatable bonds is 2. The second kappa shape index (κ2) is 5.88. The van der Waals surface area contributed by atoms with Gasteiger partial charge in [0.05, 0.1) is 11.3 Å². The first-order valence-corrected chi connectivity index (χ1v) is 9.44. The summed E-state index contributed by atoms with van der Waals surface area (Å²) in [7, 11) is 0. The molecule has 0 spiro atoms. The van der Waals surface area contributed by atoms with E-state index in [1.54, 1.807) is 6.07 Å². The van der Waals surface area contributed by atoms with E-state index in [9.17, 15) is 9.90 Å². The van der Waals surface area contributed by atoms with Gasteiger partial charge in [0, 0.05) is 39.3 Å². The highest BCUT2D eigenvalue weighted by atomic mass is 16.3. The third-order valence-corrected chi connectivity index (χ3v) is 5.88. The minimum absolute atomic E-state index is 0.0631. The first-order valence-electron chi connectivity index (χ1n) is 9.44. The lowest BCUT2D eigenvalue weighted by Gasteiger charge is -2.10. The lowest BCUT2D eigenvalue weighted by Crippen LogP contribution is -2.16. The molecule has 0 aliphatic carbocycles. The number of fused-ring (bicyclic) bond motifs is 2. The molecule has 0 aliphatic rings. The molecule has 29 heavy (non-hydrogen) atoms. The Bertz CT molecular complexity index is 1480. The molecular formula is C22H21N5O2. The van der Waals surface area contributed by atoms with Crippen LogP contribution in [0.5, 0.6) is 5.75 Å². The summed E-state index contributed by atoms with van der Waals surface area (Å²) in [4.78, 5) is 19.4. The van der Waals surface area contributed by atoms with Crippen LogP contribution in [0.3, 0.4) is 0 Å². The van der Waals surface area contributed by atoms with Crippen molar-refractivity contribution in [2.24, 2.45) is 0 Å². The van der Waals surface area contributed by atoms with Crippen molar-refractivity contribution in [3.63, 3.8) is 0 Å². The first kappa shape index (κ1) is 17.4. The molecule has 5 rings (SSSR count). The molecule has 3 aromatic heterocycles. The van der Waals surface area contributed by atoms with Crippen molar-refractivity contribution in [3.8, 4) is 22.8 Å². The monoisotopic (exact) mass is 387 g/mol. The van der Waals surface area contributed by atoms with Crippen LogP contribution in [0, 0.1) is 27.7 Å². The van der Waals surface area contributed by atoms with Gasteiger partial charge in [-0.05, 0) is 57.0 Å². The van der Waals surface area contributed by atoms with Crippen LogP contribution in [0.2, 0.25) is 0 Å². The van der Waals surface area contributed by atoms with Crippen LogP contribution >= 0.6 is 0 Å². The van der Waals surface area contributed by atoms with Crippen molar-refractivity contribution in [3.05, 3.63) is 63.3 Å². The van der Waals surface area contributed by atoms with Crippen LogP contribution in [-0.4, -0.2) is 29.8 Å². The van der Waals surface area contributed by atoms with Crippen LogP contribution in [-0.2, 0) is 0 Å². The fourth-order valence-corrected chi connectivity index (χ4v) is 4.09. The summed E-state index contributed by atoms with van der Waals surface area (Å²) < 4.78 is 1.53. The zero-order valence-corrected chi connectivity index (χ0v) is 16.6. The topological polar surface area (TPSA) is 102 Å². The number of phenols is 1. The molecule has 0 aliphatic heterocycles. The molecule has 0 atom stereocenters. The molecule has 0 bridgehead atoms. The Morgan fingerprint density at radius 1 is 0.966 bits per heavy atom. The van der Waals surface area contributed by atoms with Gasteiger partial charge in [0.25, 0.3) is 0 Å². The highest BCUT2D eigenvalue weighted by Gasteiger charge is 2.20. The van der Waals surface area contributed by atoms with Crippen molar-refractivity contribution in [2.75, 3.05) is 0 Å². The van der Waals surface area contributed by atoms with E-state index in [1.807, 2.05) is 52.0 Å². The number of phenolic OH excluding ortho intramolecular Hbond substituents is 1. The second-order valence-electron chi connectivity index (χ2n) is 7.55. The fraction of sp³-hybridized carbons (Fsp3) is 0.182. The van der Waals surface area contributed by atoms with Gasteiger partial charge in [-0.15, -0.1) is 0 Å². The molecule has 4 N–H and O–H groups in total. The molecular weight excluding hydrogens is 366 g/mol. The number of aryl methyl sites for hydroxylation is 4. The minimum Gasteiger partial charge on any atom is -0.507 e. The number of hydrogen-bond acceptors (Lipinski definition) is 3. The van der Waals surface area contributed by atoms with Crippen molar-refractivity contribution in [2.45, 2.75) is 27.7 Å². The van der Waals surface area contributed by atoms with Crippen LogP contribution in [0.1, 0.15) is 22.5 Å². The van der Waals surface area contributed by atoms with E-state index in [-0.39, 0.29) is 11.4 Å². The van der Waals surface area contributed by atoms with E-state index in [2.05, 4.69) is 20.2 Å². The number of nitrogens with one attached hydrogen (secondary N) is 3. The Hall–Kier alpha value is -3.74. The van der Waals surface area contributed by atoms with E-state index in [4.69, 9.17) is 0 Å². The Morgan fingerprint density at radius 3 is 2.48 bits per heavy atom. The molecule has 2 aromatic carbocycles. The van der Waals surface area contributed by atoms with Gasteiger partial charge in [0.2, 0.25) is 0 Å². The van der Waals surface area contributed by atoms with Gasteiger partial charge in [-0.2, -0.15) is 5.10 Å². The number of H-pyrrole nitrogens is 3. The van der Waals surface area contributed by atoms with Crippen molar-refractivity contribution >= 4 is 21.8 Å².